The Hall–Kier alpha value is -2.30. The molecule has 150 valence electrons. The van der Waals surface area contributed by atoms with Crippen LogP contribution in [0.4, 0.5) is 0 Å². The minimum absolute atomic E-state index is 0.0922. The van der Waals surface area contributed by atoms with Gasteiger partial charge in [0.15, 0.2) is 5.82 Å². The molecular formula is C23H23Cl2N3O. The molecule has 0 saturated heterocycles. The van der Waals surface area contributed by atoms with Crippen molar-refractivity contribution in [2.24, 2.45) is 0 Å². The number of rotatable bonds is 4. The third kappa shape index (κ3) is 4.19. The maximum atomic E-state index is 13.2. The first-order chi connectivity index (χ1) is 14.0. The first kappa shape index (κ1) is 20.0. The van der Waals surface area contributed by atoms with Crippen LogP contribution in [0.5, 0.6) is 0 Å². The standard InChI is InChI=1S/C23H23Cl2N3O/c1-28(17-7-3-2-4-8-17)23(29)22-26-20(15-11-13-16(24)14-12-15)21(27-22)18-9-5-6-10-19(18)25/h5-6,9-14,17H,2-4,7-8H2,1H3,(H,26,27). The summed E-state index contributed by atoms with van der Waals surface area (Å²) in [5.74, 6) is 0.239. The third-order valence-corrected chi connectivity index (χ3v) is 6.19. The molecule has 1 saturated carbocycles. The second-order valence-electron chi connectivity index (χ2n) is 7.50. The van der Waals surface area contributed by atoms with Gasteiger partial charge in [-0.1, -0.05) is 72.8 Å². The zero-order chi connectivity index (χ0) is 20.4. The molecule has 1 N–H and O–H groups in total. The molecule has 1 fully saturated rings. The van der Waals surface area contributed by atoms with E-state index in [2.05, 4.69) is 4.98 Å². The highest BCUT2D eigenvalue weighted by Gasteiger charge is 2.27. The lowest BCUT2D eigenvalue weighted by Crippen LogP contribution is -2.38. The summed E-state index contributed by atoms with van der Waals surface area (Å²) in [4.78, 5) is 23.0. The fourth-order valence-corrected chi connectivity index (χ4v) is 4.31. The molecule has 1 amide bonds. The van der Waals surface area contributed by atoms with Crippen molar-refractivity contribution < 1.29 is 4.79 Å². The van der Waals surface area contributed by atoms with Gasteiger partial charge in [0.25, 0.3) is 5.91 Å². The van der Waals surface area contributed by atoms with E-state index >= 15 is 0 Å². The third-order valence-electron chi connectivity index (χ3n) is 5.61. The highest BCUT2D eigenvalue weighted by atomic mass is 35.5. The summed E-state index contributed by atoms with van der Waals surface area (Å²) >= 11 is 12.5. The molecule has 3 aromatic rings. The van der Waals surface area contributed by atoms with Crippen LogP contribution in [0.15, 0.2) is 48.5 Å². The van der Waals surface area contributed by atoms with Crippen LogP contribution < -0.4 is 0 Å². The van der Waals surface area contributed by atoms with Crippen molar-refractivity contribution in [3.05, 3.63) is 64.4 Å². The number of aromatic amines is 1. The van der Waals surface area contributed by atoms with Crippen molar-refractivity contribution in [3.63, 3.8) is 0 Å². The van der Waals surface area contributed by atoms with Crippen LogP contribution in [0.1, 0.15) is 42.7 Å². The molecule has 0 radical (unpaired) electrons. The Kier molecular flexibility index (Phi) is 5.93. The highest BCUT2D eigenvalue weighted by molar-refractivity contribution is 6.33. The zero-order valence-electron chi connectivity index (χ0n) is 16.3. The Bertz CT molecular complexity index is 1010. The maximum absolute atomic E-state index is 13.2. The normalized spacial score (nSPS) is 14.7. The van der Waals surface area contributed by atoms with Crippen LogP contribution in [0.2, 0.25) is 10.0 Å². The van der Waals surface area contributed by atoms with Crippen molar-refractivity contribution in [1.29, 1.82) is 0 Å². The molecule has 1 aliphatic rings. The molecule has 4 rings (SSSR count). The average Bonchev–Trinajstić information content (AvgIpc) is 3.19. The van der Waals surface area contributed by atoms with Gasteiger partial charge in [0, 0.05) is 34.3 Å². The summed E-state index contributed by atoms with van der Waals surface area (Å²) in [6.07, 6.45) is 5.67. The molecular weight excluding hydrogens is 405 g/mol. The summed E-state index contributed by atoms with van der Waals surface area (Å²) in [6.45, 7) is 0. The van der Waals surface area contributed by atoms with Crippen molar-refractivity contribution in [3.8, 4) is 22.5 Å². The van der Waals surface area contributed by atoms with E-state index in [-0.39, 0.29) is 11.9 Å². The topological polar surface area (TPSA) is 49.0 Å². The molecule has 1 heterocycles. The van der Waals surface area contributed by atoms with E-state index in [1.54, 1.807) is 0 Å². The second-order valence-corrected chi connectivity index (χ2v) is 8.35. The van der Waals surface area contributed by atoms with E-state index in [0.29, 0.717) is 21.6 Å². The number of nitrogens with zero attached hydrogens (tertiary/aromatic N) is 2. The summed E-state index contributed by atoms with van der Waals surface area (Å²) in [5, 5.41) is 1.25. The van der Waals surface area contributed by atoms with Gasteiger partial charge in [-0.25, -0.2) is 4.98 Å². The lowest BCUT2D eigenvalue weighted by molar-refractivity contribution is 0.0685. The molecule has 0 spiro atoms. The molecule has 1 aromatic heterocycles. The van der Waals surface area contributed by atoms with Crippen LogP contribution >= 0.6 is 23.2 Å². The first-order valence-electron chi connectivity index (χ1n) is 9.92. The Morgan fingerprint density at radius 1 is 1.03 bits per heavy atom. The molecule has 29 heavy (non-hydrogen) atoms. The van der Waals surface area contributed by atoms with E-state index in [4.69, 9.17) is 28.2 Å². The van der Waals surface area contributed by atoms with Gasteiger partial charge in [0.05, 0.1) is 11.4 Å². The van der Waals surface area contributed by atoms with Crippen molar-refractivity contribution >= 4 is 29.1 Å². The average molecular weight is 428 g/mol. The summed E-state index contributed by atoms with van der Waals surface area (Å²) in [7, 11) is 1.87. The number of nitrogens with one attached hydrogen (secondary N) is 1. The molecule has 1 aliphatic carbocycles. The molecule has 4 nitrogen and oxygen atoms in total. The number of halogens is 2. The number of amides is 1. The summed E-state index contributed by atoms with van der Waals surface area (Å²) in [6, 6.07) is 15.3. The van der Waals surface area contributed by atoms with Gasteiger partial charge < -0.3 is 9.88 Å². The van der Waals surface area contributed by atoms with Gasteiger partial charge in [-0.2, -0.15) is 0 Å². The van der Waals surface area contributed by atoms with Crippen LogP contribution in [0.3, 0.4) is 0 Å². The number of H-pyrrole nitrogens is 1. The van der Waals surface area contributed by atoms with Gasteiger partial charge in [0.1, 0.15) is 0 Å². The zero-order valence-corrected chi connectivity index (χ0v) is 17.8. The fraction of sp³-hybridized carbons (Fsp3) is 0.304. The van der Waals surface area contributed by atoms with Gasteiger partial charge >= 0.3 is 0 Å². The molecule has 0 atom stereocenters. The van der Waals surface area contributed by atoms with Crippen LogP contribution in [-0.4, -0.2) is 33.9 Å². The van der Waals surface area contributed by atoms with Crippen LogP contribution in [0, 0.1) is 0 Å². The Labute approximate surface area is 180 Å². The van der Waals surface area contributed by atoms with Crippen molar-refractivity contribution in [2.45, 2.75) is 38.1 Å². The van der Waals surface area contributed by atoms with Gasteiger partial charge in [0.2, 0.25) is 0 Å². The highest BCUT2D eigenvalue weighted by Crippen LogP contribution is 2.35. The molecule has 0 bridgehead atoms. The summed E-state index contributed by atoms with van der Waals surface area (Å²) < 4.78 is 0. The smallest absolute Gasteiger partial charge is 0.289 e. The summed E-state index contributed by atoms with van der Waals surface area (Å²) in [5.41, 5.74) is 3.11. The molecule has 2 aromatic carbocycles. The lowest BCUT2D eigenvalue weighted by Gasteiger charge is -2.30. The number of carbonyl (C=O) groups is 1. The number of benzene rings is 2. The van der Waals surface area contributed by atoms with Gasteiger partial charge in [-0.15, -0.1) is 0 Å². The predicted octanol–water partition coefficient (Wildman–Crippen LogP) is 6.46. The SMILES string of the molecule is CN(C(=O)c1nc(-c2ccc(Cl)cc2)c(-c2ccccc2Cl)[nH]1)C1CCCCC1. The van der Waals surface area contributed by atoms with Gasteiger partial charge in [-0.3, -0.25) is 4.79 Å². The number of imidazole rings is 1. The van der Waals surface area contributed by atoms with Gasteiger partial charge in [-0.05, 0) is 31.0 Å². The number of aromatic nitrogens is 2. The van der Waals surface area contributed by atoms with Crippen LogP contribution in [0.25, 0.3) is 22.5 Å². The number of carbonyl (C=O) groups excluding carboxylic acids is 1. The second kappa shape index (κ2) is 8.60. The molecule has 0 aliphatic heterocycles. The predicted molar refractivity (Wildman–Crippen MR) is 118 cm³/mol. The first-order valence-corrected chi connectivity index (χ1v) is 10.7. The minimum Gasteiger partial charge on any atom is -0.336 e. The molecule has 6 heteroatoms. The van der Waals surface area contributed by atoms with Crippen molar-refractivity contribution in [2.75, 3.05) is 7.05 Å². The maximum Gasteiger partial charge on any atom is 0.289 e. The van der Waals surface area contributed by atoms with Crippen LogP contribution in [-0.2, 0) is 0 Å². The van der Waals surface area contributed by atoms with E-state index < -0.39 is 0 Å². The Morgan fingerprint density at radius 3 is 2.41 bits per heavy atom. The van der Waals surface area contributed by atoms with Crippen molar-refractivity contribution in [1.82, 2.24) is 14.9 Å². The quantitative estimate of drug-likeness (QED) is 0.519. The number of hydrogen-bond acceptors (Lipinski definition) is 2. The fourth-order valence-electron chi connectivity index (χ4n) is 3.95. The Balaban J connectivity index is 1.76. The number of hydrogen-bond donors (Lipinski definition) is 1. The van der Waals surface area contributed by atoms with E-state index in [9.17, 15) is 4.79 Å². The Morgan fingerprint density at radius 2 is 1.72 bits per heavy atom. The minimum atomic E-state index is -0.0922. The van der Waals surface area contributed by atoms with E-state index in [1.165, 1.54) is 19.3 Å². The lowest BCUT2D eigenvalue weighted by atomic mass is 9.94. The largest absolute Gasteiger partial charge is 0.336 e. The van der Waals surface area contributed by atoms with E-state index in [1.807, 2.05) is 60.5 Å². The monoisotopic (exact) mass is 427 g/mol. The molecule has 0 unspecified atom stereocenters. The van der Waals surface area contributed by atoms with E-state index in [0.717, 1.165) is 29.7 Å².